The van der Waals surface area contributed by atoms with E-state index in [4.69, 9.17) is 4.42 Å². The lowest BCUT2D eigenvalue weighted by atomic mass is 10.2. The van der Waals surface area contributed by atoms with Crippen molar-refractivity contribution in [2.75, 3.05) is 23.8 Å². The molecule has 1 saturated heterocycles. The smallest absolute Gasteiger partial charge is 0.233 e. The Morgan fingerprint density at radius 3 is 2.83 bits per heavy atom. The van der Waals surface area contributed by atoms with Gasteiger partial charge < -0.3 is 9.32 Å². The number of hydrogen-bond acceptors (Lipinski definition) is 4. The molecule has 0 aliphatic carbocycles. The van der Waals surface area contributed by atoms with Crippen molar-refractivity contribution in [2.45, 2.75) is 17.9 Å². The minimum absolute atomic E-state index is 0.00349. The Morgan fingerprint density at radius 1 is 1.35 bits per heavy atom. The van der Waals surface area contributed by atoms with Gasteiger partial charge in [-0.3, -0.25) is 4.79 Å². The summed E-state index contributed by atoms with van der Waals surface area (Å²) < 4.78 is 18.6. The minimum atomic E-state index is -0.262. The molecule has 122 valence electrons. The van der Waals surface area contributed by atoms with Crippen LogP contribution in [0.5, 0.6) is 0 Å². The Kier molecular flexibility index (Phi) is 5.33. The van der Waals surface area contributed by atoms with Gasteiger partial charge >= 0.3 is 0 Å². The van der Waals surface area contributed by atoms with Crippen LogP contribution in [0.1, 0.15) is 17.6 Å². The van der Waals surface area contributed by atoms with Crippen LogP contribution >= 0.6 is 23.5 Å². The lowest BCUT2D eigenvalue weighted by Crippen LogP contribution is -2.41. The molecule has 1 unspecified atom stereocenters. The minimum Gasteiger partial charge on any atom is -0.464 e. The number of nitrogens with zero attached hydrogens (tertiary/aromatic N) is 1. The molecule has 3 nitrogen and oxygen atoms in total. The quantitative estimate of drug-likeness (QED) is 0.776. The van der Waals surface area contributed by atoms with E-state index in [9.17, 15) is 9.18 Å². The van der Waals surface area contributed by atoms with E-state index in [1.165, 1.54) is 23.9 Å². The molecule has 1 aromatic heterocycles. The average molecular weight is 351 g/mol. The number of furan rings is 1. The number of aryl methyl sites for hydroxylation is 1. The lowest BCUT2D eigenvalue weighted by molar-refractivity contribution is -0.130. The fourth-order valence-corrected chi connectivity index (χ4v) is 4.37. The third-order valence-corrected chi connectivity index (χ3v) is 5.73. The van der Waals surface area contributed by atoms with Gasteiger partial charge in [0.05, 0.1) is 11.8 Å². The third-order valence-electron chi connectivity index (χ3n) is 3.71. The summed E-state index contributed by atoms with van der Waals surface area (Å²) in [6, 6.07) is 10.1. The molecular formula is C17H18FNO2S2. The summed E-state index contributed by atoms with van der Waals surface area (Å²) in [7, 11) is 0. The van der Waals surface area contributed by atoms with Gasteiger partial charge in [0.1, 0.15) is 17.3 Å². The molecule has 1 fully saturated rings. The molecule has 0 bridgehead atoms. The number of rotatable bonds is 4. The van der Waals surface area contributed by atoms with E-state index < -0.39 is 0 Å². The van der Waals surface area contributed by atoms with Crippen LogP contribution < -0.4 is 0 Å². The van der Waals surface area contributed by atoms with Crippen molar-refractivity contribution in [1.82, 2.24) is 4.90 Å². The first-order valence-electron chi connectivity index (χ1n) is 7.45. The summed E-state index contributed by atoms with van der Waals surface area (Å²) in [6.07, 6.45) is 0. The molecule has 1 aromatic carbocycles. The highest BCUT2D eigenvalue weighted by Gasteiger charge is 2.30. The predicted molar refractivity (Wildman–Crippen MR) is 92.3 cm³/mol. The van der Waals surface area contributed by atoms with Gasteiger partial charge in [0.15, 0.2) is 0 Å². The van der Waals surface area contributed by atoms with Crippen molar-refractivity contribution in [3.63, 3.8) is 0 Å². The standard InChI is InChI=1S/C17H18FNO2S2/c1-12-2-7-16(21-12)15-10-22-9-8-19(15)17(20)11-23-14-5-3-13(18)4-6-14/h2-7,15H,8-11H2,1H3. The van der Waals surface area contributed by atoms with Crippen molar-refractivity contribution < 1.29 is 13.6 Å². The van der Waals surface area contributed by atoms with Crippen molar-refractivity contribution in [1.29, 1.82) is 0 Å². The van der Waals surface area contributed by atoms with E-state index in [1.807, 2.05) is 35.7 Å². The van der Waals surface area contributed by atoms with Gasteiger partial charge in [0.2, 0.25) is 5.91 Å². The first kappa shape index (κ1) is 16.5. The second-order valence-corrected chi connectivity index (χ2v) is 7.57. The van der Waals surface area contributed by atoms with Gasteiger partial charge in [0.25, 0.3) is 0 Å². The van der Waals surface area contributed by atoms with Gasteiger partial charge in [-0.1, -0.05) is 0 Å². The van der Waals surface area contributed by atoms with Gasteiger partial charge in [-0.2, -0.15) is 11.8 Å². The number of carbonyl (C=O) groups excluding carboxylic acids is 1. The van der Waals surface area contributed by atoms with Crippen LogP contribution in [-0.4, -0.2) is 34.6 Å². The van der Waals surface area contributed by atoms with Crippen molar-refractivity contribution in [2.24, 2.45) is 0 Å². The Bertz CT molecular complexity index is 671. The van der Waals surface area contributed by atoms with E-state index in [2.05, 4.69) is 0 Å². The molecular weight excluding hydrogens is 333 g/mol. The van der Waals surface area contributed by atoms with Crippen molar-refractivity contribution in [3.05, 3.63) is 53.7 Å². The van der Waals surface area contributed by atoms with Crippen LogP contribution in [0.2, 0.25) is 0 Å². The van der Waals surface area contributed by atoms with Gasteiger partial charge in [-0.05, 0) is 43.3 Å². The van der Waals surface area contributed by atoms with Crippen LogP contribution in [0.25, 0.3) is 0 Å². The maximum Gasteiger partial charge on any atom is 0.233 e. The van der Waals surface area contributed by atoms with Crippen LogP contribution in [0.4, 0.5) is 4.39 Å². The first-order valence-corrected chi connectivity index (χ1v) is 9.59. The van der Waals surface area contributed by atoms with E-state index in [0.29, 0.717) is 5.75 Å². The Labute approximate surface area is 143 Å². The normalized spacial score (nSPS) is 18.2. The van der Waals surface area contributed by atoms with Crippen molar-refractivity contribution >= 4 is 29.4 Å². The van der Waals surface area contributed by atoms with E-state index in [0.717, 1.165) is 34.5 Å². The maximum absolute atomic E-state index is 12.9. The fourth-order valence-electron chi connectivity index (χ4n) is 2.53. The highest BCUT2D eigenvalue weighted by Crippen LogP contribution is 2.31. The van der Waals surface area contributed by atoms with Crippen LogP contribution in [0, 0.1) is 12.7 Å². The predicted octanol–water partition coefficient (Wildman–Crippen LogP) is 4.14. The summed E-state index contributed by atoms with van der Waals surface area (Å²) >= 11 is 3.28. The maximum atomic E-state index is 12.9. The second-order valence-electron chi connectivity index (χ2n) is 5.37. The first-order chi connectivity index (χ1) is 11.1. The fraction of sp³-hybridized carbons (Fsp3) is 0.353. The largest absolute Gasteiger partial charge is 0.464 e. The average Bonchev–Trinajstić information content (AvgIpc) is 3.00. The molecule has 0 spiro atoms. The number of halogens is 1. The van der Waals surface area contributed by atoms with Gasteiger partial charge in [0, 0.05) is 22.9 Å². The van der Waals surface area contributed by atoms with E-state index >= 15 is 0 Å². The van der Waals surface area contributed by atoms with E-state index in [-0.39, 0.29) is 17.8 Å². The second kappa shape index (κ2) is 7.45. The molecule has 3 rings (SSSR count). The molecule has 0 N–H and O–H groups in total. The van der Waals surface area contributed by atoms with Gasteiger partial charge in [-0.15, -0.1) is 11.8 Å². The zero-order valence-corrected chi connectivity index (χ0v) is 14.5. The summed E-state index contributed by atoms with van der Waals surface area (Å²) in [5, 5.41) is 0. The topological polar surface area (TPSA) is 33.5 Å². The highest BCUT2D eigenvalue weighted by atomic mass is 32.2. The zero-order chi connectivity index (χ0) is 16.2. The van der Waals surface area contributed by atoms with Crippen LogP contribution in [0.3, 0.4) is 0 Å². The summed E-state index contributed by atoms with van der Waals surface area (Å²) in [6.45, 7) is 2.65. The monoisotopic (exact) mass is 351 g/mol. The molecule has 1 aliphatic rings. The van der Waals surface area contributed by atoms with Crippen molar-refractivity contribution in [3.8, 4) is 0 Å². The summed E-state index contributed by atoms with van der Waals surface area (Å²) in [5.41, 5.74) is 0. The summed E-state index contributed by atoms with van der Waals surface area (Å²) in [4.78, 5) is 15.4. The Morgan fingerprint density at radius 2 is 2.13 bits per heavy atom. The number of hydrogen-bond donors (Lipinski definition) is 0. The van der Waals surface area contributed by atoms with Crippen LogP contribution in [0.15, 0.2) is 45.7 Å². The summed E-state index contributed by atoms with van der Waals surface area (Å²) in [5.74, 6) is 3.72. The highest BCUT2D eigenvalue weighted by molar-refractivity contribution is 8.00. The molecule has 2 heterocycles. The third kappa shape index (κ3) is 4.12. The Hall–Kier alpha value is -1.40. The molecule has 0 saturated carbocycles. The number of amides is 1. The molecule has 0 radical (unpaired) electrons. The number of carbonyl (C=O) groups is 1. The van der Waals surface area contributed by atoms with E-state index in [1.54, 1.807) is 12.1 Å². The molecule has 2 aromatic rings. The Balaban J connectivity index is 1.65. The molecule has 1 atom stereocenters. The SMILES string of the molecule is Cc1ccc(C2CSCCN2C(=O)CSc2ccc(F)cc2)o1. The molecule has 1 amide bonds. The molecule has 6 heteroatoms. The van der Waals surface area contributed by atoms with Gasteiger partial charge in [-0.25, -0.2) is 4.39 Å². The molecule has 1 aliphatic heterocycles. The number of thioether (sulfide) groups is 2. The van der Waals surface area contributed by atoms with Crippen LogP contribution in [-0.2, 0) is 4.79 Å². The molecule has 23 heavy (non-hydrogen) atoms. The lowest BCUT2D eigenvalue weighted by Gasteiger charge is -2.34. The number of benzene rings is 1. The zero-order valence-electron chi connectivity index (χ0n) is 12.8.